The van der Waals surface area contributed by atoms with E-state index in [0.29, 0.717) is 6.04 Å². The van der Waals surface area contributed by atoms with Crippen molar-refractivity contribution in [3.05, 3.63) is 21.9 Å². The summed E-state index contributed by atoms with van der Waals surface area (Å²) < 4.78 is 0. The zero-order valence-corrected chi connectivity index (χ0v) is 12.7. The zero-order chi connectivity index (χ0) is 13.1. The first-order valence-corrected chi connectivity index (χ1v) is 8.05. The fraction of sp³-hybridized carbons (Fsp3) is 0.733. The van der Waals surface area contributed by atoms with Gasteiger partial charge in [-0.05, 0) is 62.6 Å². The van der Waals surface area contributed by atoms with E-state index in [4.69, 9.17) is 5.73 Å². The Labute approximate surface area is 115 Å². The lowest BCUT2D eigenvalue weighted by atomic mass is 10.0. The van der Waals surface area contributed by atoms with Gasteiger partial charge in [0.05, 0.1) is 6.04 Å². The average Bonchev–Trinajstić information content (AvgIpc) is 3.02. The highest BCUT2D eigenvalue weighted by Crippen LogP contribution is 2.36. The molecular weight excluding hydrogens is 240 g/mol. The van der Waals surface area contributed by atoms with E-state index in [1.165, 1.54) is 42.8 Å². The highest BCUT2D eigenvalue weighted by atomic mass is 32.1. The van der Waals surface area contributed by atoms with Gasteiger partial charge in [-0.15, -0.1) is 11.3 Å². The van der Waals surface area contributed by atoms with Gasteiger partial charge < -0.3 is 5.73 Å². The molecule has 18 heavy (non-hydrogen) atoms. The molecule has 0 saturated heterocycles. The van der Waals surface area contributed by atoms with Crippen LogP contribution in [0.5, 0.6) is 0 Å². The lowest BCUT2D eigenvalue weighted by Gasteiger charge is -2.34. The van der Waals surface area contributed by atoms with E-state index < -0.39 is 0 Å². The SMILES string of the molecule is CCCN(CC1CC1)C(c1sccc1C)C(C)N. The molecule has 1 heterocycles. The summed E-state index contributed by atoms with van der Waals surface area (Å²) in [5, 5.41) is 2.20. The largest absolute Gasteiger partial charge is 0.326 e. The Bertz CT molecular complexity index is 368. The summed E-state index contributed by atoms with van der Waals surface area (Å²) in [6.45, 7) is 9.03. The Kier molecular flexibility index (Phi) is 4.82. The number of aryl methyl sites for hydroxylation is 1. The van der Waals surface area contributed by atoms with Crippen molar-refractivity contribution in [3.63, 3.8) is 0 Å². The Balaban J connectivity index is 2.17. The molecule has 0 aliphatic heterocycles. The third-order valence-corrected chi connectivity index (χ3v) is 4.85. The van der Waals surface area contributed by atoms with Gasteiger partial charge in [0.25, 0.3) is 0 Å². The monoisotopic (exact) mass is 266 g/mol. The topological polar surface area (TPSA) is 29.3 Å². The molecule has 1 saturated carbocycles. The number of thiophene rings is 1. The van der Waals surface area contributed by atoms with Crippen molar-refractivity contribution in [1.82, 2.24) is 4.90 Å². The lowest BCUT2D eigenvalue weighted by Crippen LogP contribution is -2.41. The Morgan fingerprint density at radius 3 is 2.67 bits per heavy atom. The second kappa shape index (κ2) is 6.18. The van der Waals surface area contributed by atoms with Crippen LogP contribution in [-0.2, 0) is 0 Å². The molecule has 0 bridgehead atoms. The predicted molar refractivity (Wildman–Crippen MR) is 80.0 cm³/mol. The van der Waals surface area contributed by atoms with Gasteiger partial charge in [-0.1, -0.05) is 6.92 Å². The van der Waals surface area contributed by atoms with Crippen LogP contribution < -0.4 is 5.73 Å². The van der Waals surface area contributed by atoms with Crippen molar-refractivity contribution in [1.29, 1.82) is 0 Å². The molecule has 3 heteroatoms. The minimum absolute atomic E-state index is 0.202. The van der Waals surface area contributed by atoms with E-state index in [2.05, 4.69) is 37.1 Å². The summed E-state index contributed by atoms with van der Waals surface area (Å²) >= 11 is 1.87. The third-order valence-electron chi connectivity index (χ3n) is 3.76. The zero-order valence-electron chi connectivity index (χ0n) is 11.9. The molecule has 1 aliphatic rings. The molecule has 1 aromatic rings. The minimum Gasteiger partial charge on any atom is -0.326 e. The van der Waals surface area contributed by atoms with Gasteiger partial charge >= 0.3 is 0 Å². The number of hydrogen-bond donors (Lipinski definition) is 1. The Hall–Kier alpha value is -0.380. The molecule has 2 atom stereocenters. The highest BCUT2D eigenvalue weighted by Gasteiger charge is 2.31. The van der Waals surface area contributed by atoms with E-state index in [1.807, 2.05) is 11.3 Å². The Morgan fingerprint density at radius 2 is 2.22 bits per heavy atom. The molecule has 2 unspecified atom stereocenters. The quantitative estimate of drug-likeness (QED) is 0.817. The molecule has 2 N–H and O–H groups in total. The highest BCUT2D eigenvalue weighted by molar-refractivity contribution is 7.10. The van der Waals surface area contributed by atoms with Gasteiger partial charge in [0, 0.05) is 17.5 Å². The first-order valence-electron chi connectivity index (χ1n) is 7.17. The number of nitrogens with two attached hydrogens (primary N) is 1. The van der Waals surface area contributed by atoms with Gasteiger partial charge in [0.15, 0.2) is 0 Å². The van der Waals surface area contributed by atoms with Crippen LogP contribution >= 0.6 is 11.3 Å². The van der Waals surface area contributed by atoms with Crippen LogP contribution in [0, 0.1) is 12.8 Å². The van der Waals surface area contributed by atoms with E-state index in [-0.39, 0.29) is 6.04 Å². The van der Waals surface area contributed by atoms with Gasteiger partial charge in [-0.25, -0.2) is 0 Å². The standard InChI is InChI=1S/C15H26N2S/c1-4-8-17(10-13-5-6-13)14(12(3)16)15-11(2)7-9-18-15/h7,9,12-14H,4-6,8,10,16H2,1-3H3. The van der Waals surface area contributed by atoms with Crippen LogP contribution in [0.3, 0.4) is 0 Å². The van der Waals surface area contributed by atoms with Gasteiger partial charge in [-0.2, -0.15) is 0 Å². The number of rotatable bonds is 7. The molecule has 0 spiro atoms. The maximum Gasteiger partial charge on any atom is 0.0593 e. The molecule has 0 radical (unpaired) electrons. The van der Waals surface area contributed by atoms with E-state index in [0.717, 1.165) is 5.92 Å². The Morgan fingerprint density at radius 1 is 1.50 bits per heavy atom. The molecule has 0 amide bonds. The van der Waals surface area contributed by atoms with Crippen molar-refractivity contribution in [2.24, 2.45) is 11.7 Å². The van der Waals surface area contributed by atoms with Crippen LogP contribution in [0.1, 0.15) is 49.6 Å². The lowest BCUT2D eigenvalue weighted by molar-refractivity contribution is 0.171. The fourth-order valence-electron chi connectivity index (χ4n) is 2.69. The van der Waals surface area contributed by atoms with Crippen molar-refractivity contribution in [2.75, 3.05) is 13.1 Å². The second-order valence-electron chi connectivity index (χ2n) is 5.71. The van der Waals surface area contributed by atoms with Gasteiger partial charge in [0.1, 0.15) is 0 Å². The van der Waals surface area contributed by atoms with Crippen molar-refractivity contribution in [2.45, 2.75) is 52.1 Å². The first-order chi connectivity index (χ1) is 8.63. The number of hydrogen-bond acceptors (Lipinski definition) is 3. The summed E-state index contributed by atoms with van der Waals surface area (Å²) in [6, 6.07) is 2.83. The summed E-state index contributed by atoms with van der Waals surface area (Å²) in [4.78, 5) is 4.10. The summed E-state index contributed by atoms with van der Waals surface area (Å²) in [5.74, 6) is 0.929. The van der Waals surface area contributed by atoms with Crippen molar-refractivity contribution >= 4 is 11.3 Å². The van der Waals surface area contributed by atoms with Crippen LogP contribution in [0.25, 0.3) is 0 Å². The molecule has 2 rings (SSSR count). The second-order valence-corrected chi connectivity index (χ2v) is 6.66. The van der Waals surface area contributed by atoms with Gasteiger partial charge in [0.2, 0.25) is 0 Å². The molecule has 1 fully saturated rings. The maximum atomic E-state index is 6.29. The van der Waals surface area contributed by atoms with Crippen LogP contribution in [-0.4, -0.2) is 24.0 Å². The molecule has 102 valence electrons. The van der Waals surface area contributed by atoms with Gasteiger partial charge in [-0.3, -0.25) is 4.90 Å². The van der Waals surface area contributed by atoms with Crippen molar-refractivity contribution in [3.8, 4) is 0 Å². The fourth-order valence-corrected chi connectivity index (χ4v) is 3.86. The average molecular weight is 266 g/mol. The first kappa shape index (κ1) is 14.0. The number of nitrogens with zero attached hydrogens (tertiary/aromatic N) is 1. The summed E-state index contributed by atoms with van der Waals surface area (Å²) in [6.07, 6.45) is 4.03. The van der Waals surface area contributed by atoms with E-state index >= 15 is 0 Å². The maximum absolute atomic E-state index is 6.29. The van der Waals surface area contributed by atoms with E-state index in [1.54, 1.807) is 0 Å². The molecule has 1 aromatic heterocycles. The summed E-state index contributed by atoms with van der Waals surface area (Å²) in [7, 11) is 0. The minimum atomic E-state index is 0.202. The van der Waals surface area contributed by atoms with E-state index in [9.17, 15) is 0 Å². The van der Waals surface area contributed by atoms with Crippen LogP contribution in [0.15, 0.2) is 11.4 Å². The smallest absolute Gasteiger partial charge is 0.0593 e. The molecular formula is C15H26N2S. The summed E-state index contributed by atoms with van der Waals surface area (Å²) in [5.41, 5.74) is 7.69. The molecule has 2 nitrogen and oxygen atoms in total. The van der Waals surface area contributed by atoms with Crippen LogP contribution in [0.4, 0.5) is 0 Å². The normalized spacial score (nSPS) is 19.2. The molecule has 1 aliphatic carbocycles. The van der Waals surface area contributed by atoms with Crippen LogP contribution in [0.2, 0.25) is 0 Å². The molecule has 0 aromatic carbocycles. The van der Waals surface area contributed by atoms with Crippen molar-refractivity contribution < 1.29 is 0 Å². The third kappa shape index (κ3) is 3.34. The predicted octanol–water partition coefficient (Wildman–Crippen LogP) is 3.57.